The number of rotatable bonds is 6. The van der Waals surface area contributed by atoms with Crippen LogP contribution in [-0.4, -0.2) is 9.97 Å². The molecule has 0 unspecified atom stereocenters. The summed E-state index contributed by atoms with van der Waals surface area (Å²) < 4.78 is 0. The van der Waals surface area contributed by atoms with E-state index in [1.807, 2.05) is 72.8 Å². The van der Waals surface area contributed by atoms with Crippen LogP contribution < -0.4 is 10.6 Å². The van der Waals surface area contributed by atoms with Crippen LogP contribution in [0, 0.1) is 0 Å². The van der Waals surface area contributed by atoms with Crippen molar-refractivity contribution in [1.29, 1.82) is 0 Å². The van der Waals surface area contributed by atoms with E-state index in [1.54, 1.807) is 0 Å². The zero-order valence-corrected chi connectivity index (χ0v) is 16.5. The summed E-state index contributed by atoms with van der Waals surface area (Å²) in [5.74, 6) is 1.42. The molecule has 0 aliphatic carbocycles. The molecule has 0 radical (unpaired) electrons. The number of halogens is 2. The van der Waals surface area contributed by atoms with Gasteiger partial charge in [-0.25, -0.2) is 9.97 Å². The van der Waals surface area contributed by atoms with Crippen LogP contribution in [0.4, 0.5) is 11.6 Å². The zero-order valence-electron chi connectivity index (χ0n) is 15.0. The van der Waals surface area contributed by atoms with Gasteiger partial charge in [0.2, 0.25) is 0 Å². The summed E-state index contributed by atoms with van der Waals surface area (Å²) in [6.07, 6.45) is 0. The topological polar surface area (TPSA) is 49.8 Å². The van der Waals surface area contributed by atoms with E-state index >= 15 is 0 Å². The molecule has 0 amide bonds. The van der Waals surface area contributed by atoms with Crippen molar-refractivity contribution in [3.05, 3.63) is 94.0 Å². The molecule has 4 rings (SSSR count). The van der Waals surface area contributed by atoms with Crippen molar-refractivity contribution in [2.45, 2.75) is 13.1 Å². The van der Waals surface area contributed by atoms with Gasteiger partial charge < -0.3 is 10.6 Å². The van der Waals surface area contributed by atoms with Crippen LogP contribution >= 0.6 is 23.2 Å². The fourth-order valence-electron chi connectivity index (χ4n) is 2.82. The third-order valence-corrected chi connectivity index (χ3v) is 4.82. The molecule has 1 heterocycles. The number of para-hydroxylation sites is 2. The van der Waals surface area contributed by atoms with Crippen LogP contribution in [-0.2, 0) is 13.1 Å². The molecule has 0 aliphatic rings. The number of fused-ring (bicyclic) bond motifs is 1. The van der Waals surface area contributed by atoms with Gasteiger partial charge in [0.25, 0.3) is 0 Å². The highest BCUT2D eigenvalue weighted by Gasteiger charge is 2.09. The van der Waals surface area contributed by atoms with Gasteiger partial charge in [-0.3, -0.25) is 0 Å². The number of aromatic nitrogens is 2. The van der Waals surface area contributed by atoms with Gasteiger partial charge in [-0.05, 0) is 47.5 Å². The lowest BCUT2D eigenvalue weighted by Gasteiger charge is -2.14. The molecule has 2 N–H and O–H groups in total. The quantitative estimate of drug-likeness (QED) is 0.400. The molecule has 1 aromatic heterocycles. The first-order chi connectivity index (χ1) is 13.7. The van der Waals surface area contributed by atoms with E-state index < -0.39 is 0 Å². The van der Waals surface area contributed by atoms with Gasteiger partial charge in [0.1, 0.15) is 0 Å². The van der Waals surface area contributed by atoms with Gasteiger partial charge in [-0.15, -0.1) is 0 Å². The van der Waals surface area contributed by atoms with Gasteiger partial charge in [-0.2, -0.15) is 0 Å². The van der Waals surface area contributed by atoms with Crippen molar-refractivity contribution >= 4 is 45.9 Å². The fraction of sp³-hybridized carbons (Fsp3) is 0.0909. The average Bonchev–Trinajstić information content (AvgIpc) is 2.72. The lowest BCUT2D eigenvalue weighted by Crippen LogP contribution is -2.09. The average molecular weight is 409 g/mol. The normalized spacial score (nSPS) is 10.8. The van der Waals surface area contributed by atoms with Crippen molar-refractivity contribution < 1.29 is 0 Å². The van der Waals surface area contributed by atoms with Crippen LogP contribution in [0.3, 0.4) is 0 Å². The molecule has 0 bridgehead atoms. The molecule has 0 aliphatic heterocycles. The Hall–Kier alpha value is -2.82. The predicted octanol–water partition coefficient (Wildman–Crippen LogP) is 6.16. The molecule has 140 valence electrons. The summed E-state index contributed by atoms with van der Waals surface area (Å²) in [6, 6.07) is 23.3. The smallest absolute Gasteiger partial charge is 0.170 e. The third-order valence-electron chi connectivity index (χ3n) is 4.32. The molecule has 3 aromatic carbocycles. The minimum Gasteiger partial charge on any atom is -0.363 e. The van der Waals surface area contributed by atoms with Gasteiger partial charge in [0.15, 0.2) is 11.6 Å². The Morgan fingerprint density at radius 2 is 0.964 bits per heavy atom. The van der Waals surface area contributed by atoms with E-state index in [0.717, 1.165) is 32.2 Å². The molecule has 4 nitrogen and oxygen atoms in total. The molecule has 6 heteroatoms. The summed E-state index contributed by atoms with van der Waals surface area (Å²) in [5.41, 5.74) is 3.92. The van der Waals surface area contributed by atoms with E-state index in [-0.39, 0.29) is 0 Å². The first-order valence-electron chi connectivity index (χ1n) is 8.91. The van der Waals surface area contributed by atoms with Gasteiger partial charge in [-0.1, -0.05) is 59.6 Å². The Morgan fingerprint density at radius 1 is 0.571 bits per heavy atom. The van der Waals surface area contributed by atoms with Gasteiger partial charge >= 0.3 is 0 Å². The van der Waals surface area contributed by atoms with Crippen LogP contribution in [0.2, 0.25) is 10.0 Å². The van der Waals surface area contributed by atoms with Crippen molar-refractivity contribution in [2.75, 3.05) is 10.6 Å². The highest BCUT2D eigenvalue weighted by atomic mass is 35.5. The maximum absolute atomic E-state index is 5.97. The SMILES string of the molecule is Clc1ccc(CNc2nc3ccccc3nc2NCc2ccc(Cl)cc2)cc1. The Bertz CT molecular complexity index is 992. The highest BCUT2D eigenvalue weighted by molar-refractivity contribution is 6.30. The van der Waals surface area contributed by atoms with E-state index in [2.05, 4.69) is 10.6 Å². The number of benzene rings is 3. The summed E-state index contributed by atoms with van der Waals surface area (Å²) in [6.45, 7) is 1.25. The van der Waals surface area contributed by atoms with E-state index in [1.165, 1.54) is 0 Å². The molecule has 0 saturated heterocycles. The summed E-state index contributed by atoms with van der Waals surface area (Å²) >= 11 is 11.9. The van der Waals surface area contributed by atoms with E-state index in [0.29, 0.717) is 24.7 Å². The van der Waals surface area contributed by atoms with Crippen LogP contribution in [0.15, 0.2) is 72.8 Å². The Balaban J connectivity index is 1.58. The monoisotopic (exact) mass is 408 g/mol. The summed E-state index contributed by atoms with van der Waals surface area (Å²) in [5, 5.41) is 8.22. The number of nitrogens with zero attached hydrogens (tertiary/aromatic N) is 2. The first kappa shape index (κ1) is 18.5. The number of anilines is 2. The maximum Gasteiger partial charge on any atom is 0.170 e. The number of hydrogen-bond acceptors (Lipinski definition) is 4. The van der Waals surface area contributed by atoms with Crippen LogP contribution in [0.5, 0.6) is 0 Å². The zero-order chi connectivity index (χ0) is 19.3. The maximum atomic E-state index is 5.97. The predicted molar refractivity (Wildman–Crippen MR) is 117 cm³/mol. The van der Waals surface area contributed by atoms with Crippen LogP contribution in [0.1, 0.15) is 11.1 Å². The molecule has 28 heavy (non-hydrogen) atoms. The van der Waals surface area contributed by atoms with Crippen LogP contribution in [0.25, 0.3) is 11.0 Å². The minimum atomic E-state index is 0.625. The Labute approximate surface area is 173 Å². The Kier molecular flexibility index (Phi) is 5.60. The van der Waals surface area contributed by atoms with Crippen molar-refractivity contribution in [3.63, 3.8) is 0 Å². The number of hydrogen-bond donors (Lipinski definition) is 2. The van der Waals surface area contributed by atoms with Gasteiger partial charge in [0, 0.05) is 23.1 Å². The molecule has 0 fully saturated rings. The second-order valence-electron chi connectivity index (χ2n) is 6.37. The van der Waals surface area contributed by atoms with Crippen molar-refractivity contribution in [3.8, 4) is 0 Å². The molecule has 0 saturated carbocycles. The van der Waals surface area contributed by atoms with E-state index in [9.17, 15) is 0 Å². The molecule has 0 atom stereocenters. The molecule has 4 aromatic rings. The molecule has 0 spiro atoms. The van der Waals surface area contributed by atoms with E-state index in [4.69, 9.17) is 33.2 Å². The lowest BCUT2D eigenvalue weighted by molar-refractivity contribution is 1.07. The largest absolute Gasteiger partial charge is 0.363 e. The molecular weight excluding hydrogens is 391 g/mol. The lowest BCUT2D eigenvalue weighted by atomic mass is 10.2. The Morgan fingerprint density at radius 3 is 1.36 bits per heavy atom. The molecular formula is C22H18Cl2N4. The second kappa shape index (κ2) is 8.46. The fourth-order valence-corrected chi connectivity index (χ4v) is 3.07. The minimum absolute atomic E-state index is 0.625. The third kappa shape index (κ3) is 4.53. The second-order valence-corrected chi connectivity index (χ2v) is 7.24. The van der Waals surface area contributed by atoms with Crippen molar-refractivity contribution in [2.24, 2.45) is 0 Å². The highest BCUT2D eigenvalue weighted by Crippen LogP contribution is 2.23. The first-order valence-corrected chi connectivity index (χ1v) is 9.66. The van der Waals surface area contributed by atoms with Gasteiger partial charge in [0.05, 0.1) is 11.0 Å². The summed E-state index contributed by atoms with van der Waals surface area (Å²) in [7, 11) is 0. The number of nitrogens with one attached hydrogen (secondary N) is 2. The standard InChI is InChI=1S/C22H18Cl2N4/c23-17-9-5-15(6-10-17)13-25-21-22(26-14-16-7-11-18(24)12-8-16)28-20-4-2-1-3-19(20)27-21/h1-12H,13-14H2,(H,25,27)(H,26,28). The summed E-state index contributed by atoms with van der Waals surface area (Å²) in [4.78, 5) is 9.50. The van der Waals surface area contributed by atoms with Crippen molar-refractivity contribution in [1.82, 2.24) is 9.97 Å².